The third kappa shape index (κ3) is 4.07. The predicted molar refractivity (Wildman–Crippen MR) is 87.2 cm³/mol. The second-order valence-corrected chi connectivity index (χ2v) is 6.74. The fraction of sp³-hybridized carbons (Fsp3) is 0.611. The van der Waals surface area contributed by atoms with E-state index >= 15 is 0 Å². The molecule has 3 nitrogen and oxygen atoms in total. The van der Waals surface area contributed by atoms with E-state index in [9.17, 15) is 4.79 Å². The highest BCUT2D eigenvalue weighted by atomic mass is 16.2. The molecule has 1 amide bonds. The quantitative estimate of drug-likeness (QED) is 0.872. The molecule has 1 aliphatic heterocycles. The number of benzene rings is 1. The summed E-state index contributed by atoms with van der Waals surface area (Å²) in [6.45, 7) is 11.5. The van der Waals surface area contributed by atoms with E-state index in [1.807, 2.05) is 0 Å². The highest BCUT2D eigenvalue weighted by molar-refractivity contribution is 5.79. The van der Waals surface area contributed by atoms with Crippen LogP contribution in [0.2, 0.25) is 0 Å². The molecule has 21 heavy (non-hydrogen) atoms. The van der Waals surface area contributed by atoms with E-state index in [4.69, 9.17) is 0 Å². The summed E-state index contributed by atoms with van der Waals surface area (Å²) in [6, 6.07) is 8.40. The summed E-state index contributed by atoms with van der Waals surface area (Å²) in [4.78, 5) is 14.9. The first-order chi connectivity index (χ1) is 9.92. The minimum Gasteiger partial charge on any atom is -0.347 e. The van der Waals surface area contributed by atoms with Crippen molar-refractivity contribution in [1.29, 1.82) is 0 Å². The largest absolute Gasteiger partial charge is 0.347 e. The molecule has 0 bridgehead atoms. The molecule has 0 saturated carbocycles. The van der Waals surface area contributed by atoms with Gasteiger partial charge in [-0.05, 0) is 52.3 Å². The number of hydrogen-bond acceptors (Lipinski definition) is 2. The number of nitrogens with one attached hydrogen (secondary N) is 1. The molecule has 1 aromatic carbocycles. The van der Waals surface area contributed by atoms with Crippen molar-refractivity contribution in [3.8, 4) is 0 Å². The number of rotatable bonds is 6. The Hall–Kier alpha value is -1.35. The molecule has 116 valence electrons. The maximum atomic E-state index is 12.6. The molecule has 1 atom stereocenters. The average Bonchev–Trinajstić information content (AvgIpc) is 2.37. The van der Waals surface area contributed by atoms with Crippen LogP contribution in [0.1, 0.15) is 44.7 Å². The molecule has 1 fully saturated rings. The average molecular weight is 288 g/mol. The molecular formula is C18H28N2O. The number of likely N-dealkylation sites (tertiary alicyclic amines) is 1. The van der Waals surface area contributed by atoms with Gasteiger partial charge in [-0.1, -0.05) is 36.8 Å². The summed E-state index contributed by atoms with van der Waals surface area (Å²) in [5, 5.41) is 3.23. The third-order valence-electron chi connectivity index (χ3n) is 4.50. The summed E-state index contributed by atoms with van der Waals surface area (Å²) >= 11 is 0. The highest BCUT2D eigenvalue weighted by Gasteiger charge is 2.28. The van der Waals surface area contributed by atoms with E-state index in [2.05, 4.69) is 62.2 Å². The SMILES string of the molecule is CCC(CN1CCC1)C(=O)NC(C)(C)c1ccc(C)cc1. The van der Waals surface area contributed by atoms with Gasteiger partial charge in [0.1, 0.15) is 0 Å². The van der Waals surface area contributed by atoms with Crippen molar-refractivity contribution in [3.63, 3.8) is 0 Å². The molecule has 3 heteroatoms. The van der Waals surface area contributed by atoms with Crippen molar-refractivity contribution >= 4 is 5.91 Å². The van der Waals surface area contributed by atoms with E-state index in [0.29, 0.717) is 0 Å². The number of aryl methyl sites for hydroxylation is 1. The summed E-state index contributed by atoms with van der Waals surface area (Å²) in [6.07, 6.45) is 2.17. The highest BCUT2D eigenvalue weighted by Crippen LogP contribution is 2.22. The van der Waals surface area contributed by atoms with Crippen LogP contribution in [0, 0.1) is 12.8 Å². The van der Waals surface area contributed by atoms with Crippen LogP contribution in [0.4, 0.5) is 0 Å². The molecule has 1 unspecified atom stereocenters. The molecule has 1 aliphatic rings. The lowest BCUT2D eigenvalue weighted by molar-refractivity contribution is -0.127. The molecule has 1 heterocycles. The standard InChI is InChI=1S/C18H28N2O/c1-5-15(13-20-11-6-12-20)17(21)19-18(3,4)16-9-7-14(2)8-10-16/h7-10,15H,5-6,11-13H2,1-4H3,(H,19,21). The van der Waals surface area contributed by atoms with Gasteiger partial charge < -0.3 is 10.2 Å². The maximum Gasteiger partial charge on any atom is 0.225 e. The summed E-state index contributed by atoms with van der Waals surface area (Å²) in [5.41, 5.74) is 2.07. The normalized spacial score (nSPS) is 17.1. The van der Waals surface area contributed by atoms with Crippen molar-refractivity contribution in [2.24, 2.45) is 5.92 Å². The van der Waals surface area contributed by atoms with Gasteiger partial charge in [0, 0.05) is 6.54 Å². The number of carbonyl (C=O) groups excluding carboxylic acids is 1. The van der Waals surface area contributed by atoms with E-state index in [0.717, 1.165) is 31.6 Å². The van der Waals surface area contributed by atoms with Crippen LogP contribution < -0.4 is 5.32 Å². The zero-order chi connectivity index (χ0) is 15.5. The van der Waals surface area contributed by atoms with Gasteiger partial charge in [0.25, 0.3) is 0 Å². The first-order valence-corrected chi connectivity index (χ1v) is 8.04. The van der Waals surface area contributed by atoms with Crippen molar-refractivity contribution in [2.75, 3.05) is 19.6 Å². The van der Waals surface area contributed by atoms with Gasteiger partial charge in [-0.25, -0.2) is 0 Å². The predicted octanol–water partition coefficient (Wildman–Crippen LogP) is 3.08. The first kappa shape index (κ1) is 16.0. The summed E-state index contributed by atoms with van der Waals surface area (Å²) in [7, 11) is 0. The Bertz CT molecular complexity index is 474. The Morgan fingerprint density at radius 2 is 1.90 bits per heavy atom. The third-order valence-corrected chi connectivity index (χ3v) is 4.50. The van der Waals surface area contributed by atoms with E-state index in [1.54, 1.807) is 0 Å². The molecule has 2 rings (SSSR count). The molecule has 0 spiro atoms. The maximum absolute atomic E-state index is 12.6. The van der Waals surface area contributed by atoms with Gasteiger partial charge in [0.2, 0.25) is 5.91 Å². The lowest BCUT2D eigenvalue weighted by Gasteiger charge is -2.35. The molecule has 1 N–H and O–H groups in total. The summed E-state index contributed by atoms with van der Waals surface area (Å²) < 4.78 is 0. The smallest absolute Gasteiger partial charge is 0.225 e. The zero-order valence-electron chi connectivity index (χ0n) is 13.8. The monoisotopic (exact) mass is 288 g/mol. The first-order valence-electron chi connectivity index (χ1n) is 8.04. The molecule has 0 aromatic heterocycles. The van der Waals surface area contributed by atoms with Crippen molar-refractivity contribution in [1.82, 2.24) is 10.2 Å². The molecule has 1 aromatic rings. The molecule has 1 saturated heterocycles. The fourth-order valence-corrected chi connectivity index (χ4v) is 2.73. The number of amides is 1. The van der Waals surface area contributed by atoms with E-state index in [1.165, 1.54) is 12.0 Å². The lowest BCUT2D eigenvalue weighted by atomic mass is 9.92. The second kappa shape index (κ2) is 6.61. The van der Waals surface area contributed by atoms with Gasteiger partial charge in [0.15, 0.2) is 0 Å². The Labute approximate surface area is 128 Å². The van der Waals surface area contributed by atoms with Gasteiger partial charge in [-0.15, -0.1) is 0 Å². The van der Waals surface area contributed by atoms with Crippen LogP contribution in [0.5, 0.6) is 0 Å². The molecule has 0 radical (unpaired) electrons. The lowest BCUT2D eigenvalue weighted by Crippen LogP contribution is -2.48. The number of hydrogen-bond donors (Lipinski definition) is 1. The van der Waals surface area contributed by atoms with Crippen molar-refractivity contribution < 1.29 is 4.79 Å². The van der Waals surface area contributed by atoms with Crippen LogP contribution >= 0.6 is 0 Å². The number of nitrogens with zero attached hydrogens (tertiary/aromatic N) is 1. The minimum atomic E-state index is -0.326. The Balaban J connectivity index is 1.99. The van der Waals surface area contributed by atoms with Crippen LogP contribution in [0.25, 0.3) is 0 Å². The van der Waals surface area contributed by atoms with Crippen LogP contribution in [0.15, 0.2) is 24.3 Å². The molecule has 0 aliphatic carbocycles. The van der Waals surface area contributed by atoms with Gasteiger partial charge >= 0.3 is 0 Å². The summed E-state index contributed by atoms with van der Waals surface area (Å²) in [5.74, 6) is 0.269. The topological polar surface area (TPSA) is 32.3 Å². The minimum absolute atomic E-state index is 0.0926. The number of carbonyl (C=O) groups is 1. The van der Waals surface area contributed by atoms with E-state index in [-0.39, 0.29) is 17.4 Å². The van der Waals surface area contributed by atoms with Crippen LogP contribution in [0.3, 0.4) is 0 Å². The van der Waals surface area contributed by atoms with Crippen molar-refractivity contribution in [3.05, 3.63) is 35.4 Å². The van der Waals surface area contributed by atoms with Crippen LogP contribution in [-0.2, 0) is 10.3 Å². The Morgan fingerprint density at radius 3 is 2.38 bits per heavy atom. The Kier molecular flexibility index (Phi) is 5.04. The zero-order valence-corrected chi connectivity index (χ0v) is 13.8. The van der Waals surface area contributed by atoms with E-state index < -0.39 is 0 Å². The Morgan fingerprint density at radius 1 is 1.29 bits per heavy atom. The van der Waals surface area contributed by atoms with Crippen molar-refractivity contribution in [2.45, 2.75) is 46.1 Å². The van der Waals surface area contributed by atoms with Gasteiger partial charge in [-0.3, -0.25) is 4.79 Å². The van der Waals surface area contributed by atoms with Crippen LogP contribution in [-0.4, -0.2) is 30.4 Å². The second-order valence-electron chi connectivity index (χ2n) is 6.74. The molecular weight excluding hydrogens is 260 g/mol. The van der Waals surface area contributed by atoms with Gasteiger partial charge in [-0.2, -0.15) is 0 Å². The van der Waals surface area contributed by atoms with Gasteiger partial charge in [0.05, 0.1) is 11.5 Å². The fourth-order valence-electron chi connectivity index (χ4n) is 2.73.